The molecule has 0 aliphatic carbocycles. The zero-order valence-corrected chi connectivity index (χ0v) is 10.7. The van der Waals surface area contributed by atoms with E-state index in [1.807, 2.05) is 19.1 Å². The number of rotatable bonds is 4. The Bertz CT molecular complexity index is 358. The second-order valence-electron chi connectivity index (χ2n) is 4.26. The van der Waals surface area contributed by atoms with Gasteiger partial charge in [-0.1, -0.05) is 36.7 Å². The second kappa shape index (κ2) is 5.05. The maximum Gasteiger partial charge on any atom is 0.0440 e. The molecule has 15 heavy (non-hydrogen) atoms. The van der Waals surface area contributed by atoms with E-state index in [0.29, 0.717) is 5.88 Å². The number of alkyl halides is 1. The minimum Gasteiger partial charge on any atom is -0.126 e. The fourth-order valence-corrected chi connectivity index (χ4v) is 1.91. The van der Waals surface area contributed by atoms with Gasteiger partial charge in [0.2, 0.25) is 0 Å². The lowest BCUT2D eigenvalue weighted by Gasteiger charge is -2.23. The molecule has 1 unspecified atom stereocenters. The van der Waals surface area contributed by atoms with Crippen LogP contribution in [0.5, 0.6) is 0 Å². The summed E-state index contributed by atoms with van der Waals surface area (Å²) in [6.45, 7) is 7.94. The first-order valence-electron chi connectivity index (χ1n) is 4.95. The standard InChI is InChI=1S/C13H16Cl2/c1-4-13(3,9-14)8-11-6-5-10(2)7-12(11)15/h4-7H,1,8-9H2,2-3H3. The third kappa shape index (κ3) is 3.25. The van der Waals surface area contributed by atoms with E-state index in [9.17, 15) is 0 Å². The third-order valence-electron chi connectivity index (χ3n) is 2.60. The minimum absolute atomic E-state index is 0.0829. The maximum atomic E-state index is 6.17. The number of hydrogen-bond donors (Lipinski definition) is 0. The molecule has 0 bridgehead atoms. The van der Waals surface area contributed by atoms with Crippen molar-refractivity contribution in [2.24, 2.45) is 5.41 Å². The van der Waals surface area contributed by atoms with Crippen LogP contribution in [0.2, 0.25) is 5.02 Å². The molecule has 1 aromatic rings. The minimum atomic E-state index is -0.0829. The van der Waals surface area contributed by atoms with E-state index in [1.165, 1.54) is 5.56 Å². The molecule has 1 aromatic carbocycles. The summed E-state index contributed by atoms with van der Waals surface area (Å²) in [6.07, 6.45) is 2.73. The first-order valence-corrected chi connectivity index (χ1v) is 5.86. The number of allylic oxidation sites excluding steroid dienone is 1. The summed E-state index contributed by atoms with van der Waals surface area (Å²) in [4.78, 5) is 0. The molecule has 0 saturated carbocycles. The fourth-order valence-electron chi connectivity index (χ4n) is 1.40. The first-order chi connectivity index (χ1) is 7.00. The van der Waals surface area contributed by atoms with Crippen molar-refractivity contribution in [3.8, 4) is 0 Å². The van der Waals surface area contributed by atoms with Crippen LogP contribution in [-0.2, 0) is 6.42 Å². The summed E-state index contributed by atoms with van der Waals surface area (Å²) in [6, 6.07) is 6.11. The van der Waals surface area contributed by atoms with Crippen molar-refractivity contribution in [1.82, 2.24) is 0 Å². The molecule has 0 nitrogen and oxygen atoms in total. The lowest BCUT2D eigenvalue weighted by atomic mass is 9.85. The molecule has 0 spiro atoms. The van der Waals surface area contributed by atoms with Gasteiger partial charge in [0.25, 0.3) is 0 Å². The van der Waals surface area contributed by atoms with Crippen LogP contribution < -0.4 is 0 Å². The second-order valence-corrected chi connectivity index (χ2v) is 4.94. The molecule has 2 heteroatoms. The molecule has 0 aliphatic heterocycles. The molecule has 0 saturated heterocycles. The van der Waals surface area contributed by atoms with Crippen LogP contribution in [0.25, 0.3) is 0 Å². The van der Waals surface area contributed by atoms with Gasteiger partial charge >= 0.3 is 0 Å². The fraction of sp³-hybridized carbons (Fsp3) is 0.385. The van der Waals surface area contributed by atoms with E-state index in [1.54, 1.807) is 0 Å². The first kappa shape index (κ1) is 12.6. The molecule has 0 radical (unpaired) electrons. The molecule has 0 N–H and O–H groups in total. The highest BCUT2D eigenvalue weighted by molar-refractivity contribution is 6.31. The summed E-state index contributed by atoms with van der Waals surface area (Å²) in [5.74, 6) is 0.556. The van der Waals surface area contributed by atoms with Crippen molar-refractivity contribution in [2.45, 2.75) is 20.3 Å². The lowest BCUT2D eigenvalue weighted by molar-refractivity contribution is 0.486. The van der Waals surface area contributed by atoms with Gasteiger partial charge in [0.1, 0.15) is 0 Å². The van der Waals surface area contributed by atoms with Gasteiger partial charge in [-0.15, -0.1) is 18.2 Å². The lowest BCUT2D eigenvalue weighted by Crippen LogP contribution is -2.18. The normalized spacial score (nSPS) is 14.7. The molecule has 0 heterocycles. The van der Waals surface area contributed by atoms with Crippen LogP contribution in [0.1, 0.15) is 18.1 Å². The highest BCUT2D eigenvalue weighted by Gasteiger charge is 2.20. The van der Waals surface area contributed by atoms with Crippen molar-refractivity contribution in [3.05, 3.63) is 47.0 Å². The molecule has 0 amide bonds. The van der Waals surface area contributed by atoms with E-state index < -0.39 is 0 Å². The van der Waals surface area contributed by atoms with Gasteiger partial charge in [0.05, 0.1) is 0 Å². The van der Waals surface area contributed by atoms with Crippen LogP contribution in [0, 0.1) is 12.3 Å². The van der Waals surface area contributed by atoms with Crippen LogP contribution in [-0.4, -0.2) is 5.88 Å². The average Bonchev–Trinajstić information content (AvgIpc) is 2.22. The Balaban J connectivity index is 2.94. The topological polar surface area (TPSA) is 0 Å². The van der Waals surface area contributed by atoms with E-state index in [-0.39, 0.29) is 5.41 Å². The van der Waals surface area contributed by atoms with Crippen LogP contribution in [0.15, 0.2) is 30.9 Å². The van der Waals surface area contributed by atoms with Gasteiger partial charge in [-0.3, -0.25) is 0 Å². The van der Waals surface area contributed by atoms with E-state index in [2.05, 4.69) is 25.6 Å². The quantitative estimate of drug-likeness (QED) is 0.534. The van der Waals surface area contributed by atoms with E-state index in [4.69, 9.17) is 23.2 Å². The number of aryl methyl sites for hydroxylation is 1. The Labute approximate surface area is 102 Å². The van der Waals surface area contributed by atoms with Gasteiger partial charge in [0.15, 0.2) is 0 Å². The highest BCUT2D eigenvalue weighted by atomic mass is 35.5. The van der Waals surface area contributed by atoms with Crippen molar-refractivity contribution >= 4 is 23.2 Å². The van der Waals surface area contributed by atoms with E-state index >= 15 is 0 Å². The summed E-state index contributed by atoms with van der Waals surface area (Å²) >= 11 is 12.1. The molecule has 0 aliphatic rings. The molecular weight excluding hydrogens is 227 g/mol. The van der Waals surface area contributed by atoms with Gasteiger partial charge < -0.3 is 0 Å². The monoisotopic (exact) mass is 242 g/mol. The Hall–Kier alpha value is -0.460. The SMILES string of the molecule is C=CC(C)(CCl)Cc1ccc(C)cc1Cl. The molecule has 0 aromatic heterocycles. The maximum absolute atomic E-state index is 6.17. The molecule has 0 fully saturated rings. The smallest absolute Gasteiger partial charge is 0.0440 e. The van der Waals surface area contributed by atoms with E-state index in [0.717, 1.165) is 17.0 Å². The number of hydrogen-bond acceptors (Lipinski definition) is 0. The zero-order valence-electron chi connectivity index (χ0n) is 9.19. The highest BCUT2D eigenvalue weighted by Crippen LogP contribution is 2.29. The average molecular weight is 243 g/mol. The Kier molecular flexibility index (Phi) is 4.24. The van der Waals surface area contributed by atoms with Crippen LogP contribution in [0.4, 0.5) is 0 Å². The molecular formula is C13H16Cl2. The predicted molar refractivity (Wildman–Crippen MR) is 68.9 cm³/mol. The van der Waals surface area contributed by atoms with Gasteiger partial charge in [-0.2, -0.15) is 0 Å². The molecule has 1 atom stereocenters. The predicted octanol–water partition coefficient (Wildman–Crippen LogP) is 4.62. The van der Waals surface area contributed by atoms with Crippen molar-refractivity contribution in [2.75, 3.05) is 5.88 Å². The van der Waals surface area contributed by atoms with Gasteiger partial charge in [-0.05, 0) is 30.5 Å². The van der Waals surface area contributed by atoms with Gasteiger partial charge in [-0.25, -0.2) is 0 Å². The Morgan fingerprint density at radius 1 is 1.47 bits per heavy atom. The molecule has 82 valence electrons. The summed E-state index contributed by atoms with van der Waals surface area (Å²) < 4.78 is 0. The van der Waals surface area contributed by atoms with Crippen molar-refractivity contribution in [1.29, 1.82) is 0 Å². The van der Waals surface area contributed by atoms with Crippen molar-refractivity contribution < 1.29 is 0 Å². The summed E-state index contributed by atoms with van der Waals surface area (Å²) in [7, 11) is 0. The van der Waals surface area contributed by atoms with Gasteiger partial charge in [0, 0.05) is 16.3 Å². The molecule has 1 rings (SSSR count). The summed E-state index contributed by atoms with van der Waals surface area (Å²) in [5.41, 5.74) is 2.22. The van der Waals surface area contributed by atoms with Crippen LogP contribution >= 0.6 is 23.2 Å². The van der Waals surface area contributed by atoms with Crippen LogP contribution in [0.3, 0.4) is 0 Å². The zero-order chi connectivity index (χ0) is 11.5. The third-order valence-corrected chi connectivity index (χ3v) is 3.56. The number of benzene rings is 1. The summed E-state index contributed by atoms with van der Waals surface area (Å²) in [5, 5.41) is 0.813. The number of halogens is 2. The van der Waals surface area contributed by atoms with Crippen molar-refractivity contribution in [3.63, 3.8) is 0 Å². The Morgan fingerprint density at radius 2 is 2.13 bits per heavy atom. The largest absolute Gasteiger partial charge is 0.126 e. The Morgan fingerprint density at radius 3 is 2.60 bits per heavy atom.